The SMILES string of the molecule is Cc1cn2c(Nc3ccccc3Cl)nc3cc(C(=O)O)ccc3c2n1. The van der Waals surface area contributed by atoms with Crippen LogP contribution in [-0.2, 0) is 0 Å². The molecule has 0 spiro atoms. The number of carboxylic acid groups (broad SMARTS) is 1. The van der Waals surface area contributed by atoms with Crippen molar-refractivity contribution in [3.63, 3.8) is 0 Å². The molecule has 0 aliphatic heterocycles. The number of para-hydroxylation sites is 1. The van der Waals surface area contributed by atoms with E-state index in [1.165, 1.54) is 0 Å². The molecule has 25 heavy (non-hydrogen) atoms. The molecule has 0 saturated heterocycles. The Morgan fingerprint density at radius 3 is 2.76 bits per heavy atom. The maximum Gasteiger partial charge on any atom is 0.335 e. The van der Waals surface area contributed by atoms with Gasteiger partial charge in [-0.2, -0.15) is 0 Å². The van der Waals surface area contributed by atoms with Crippen molar-refractivity contribution in [2.45, 2.75) is 6.92 Å². The molecule has 124 valence electrons. The maximum absolute atomic E-state index is 11.3. The molecule has 0 amide bonds. The molecule has 2 N–H and O–H groups in total. The maximum atomic E-state index is 11.3. The molecule has 0 unspecified atom stereocenters. The summed E-state index contributed by atoms with van der Waals surface area (Å²) >= 11 is 6.22. The van der Waals surface area contributed by atoms with Gasteiger partial charge in [-0.3, -0.25) is 4.40 Å². The van der Waals surface area contributed by atoms with Crippen LogP contribution in [0.1, 0.15) is 16.1 Å². The zero-order valence-electron chi connectivity index (χ0n) is 13.2. The Balaban J connectivity index is 1.97. The fourth-order valence-corrected chi connectivity index (χ4v) is 2.92. The number of benzene rings is 2. The molecule has 0 bridgehead atoms. The standard InChI is InChI=1S/C18H13ClN4O2/c1-10-9-23-16(20-10)12-7-6-11(17(24)25)8-15(12)22-18(23)21-14-5-3-2-4-13(14)19/h2-9H,1H3,(H,21,22)(H,24,25). The first-order chi connectivity index (χ1) is 12.0. The monoisotopic (exact) mass is 352 g/mol. The number of nitrogens with one attached hydrogen (secondary N) is 1. The molecular weight excluding hydrogens is 340 g/mol. The van der Waals surface area contributed by atoms with Gasteiger partial charge in [-0.05, 0) is 37.3 Å². The third-order valence-electron chi connectivity index (χ3n) is 3.89. The third-order valence-corrected chi connectivity index (χ3v) is 4.22. The molecule has 2 heterocycles. The second-order valence-electron chi connectivity index (χ2n) is 5.65. The Morgan fingerprint density at radius 1 is 1.20 bits per heavy atom. The zero-order valence-corrected chi connectivity index (χ0v) is 13.9. The highest BCUT2D eigenvalue weighted by molar-refractivity contribution is 6.33. The van der Waals surface area contributed by atoms with Crippen LogP contribution in [-0.4, -0.2) is 25.4 Å². The number of aromatic carboxylic acids is 1. The highest BCUT2D eigenvalue weighted by Crippen LogP contribution is 2.28. The van der Waals surface area contributed by atoms with Gasteiger partial charge in [0.1, 0.15) is 5.65 Å². The minimum absolute atomic E-state index is 0.177. The van der Waals surface area contributed by atoms with E-state index in [1.807, 2.05) is 35.7 Å². The van der Waals surface area contributed by atoms with Crippen molar-refractivity contribution >= 4 is 45.8 Å². The van der Waals surface area contributed by atoms with Gasteiger partial charge in [0.05, 0.1) is 27.5 Å². The summed E-state index contributed by atoms with van der Waals surface area (Å²) in [5, 5.41) is 13.8. The lowest BCUT2D eigenvalue weighted by molar-refractivity contribution is 0.0697. The predicted octanol–water partition coefficient (Wildman–Crippen LogP) is 4.29. The number of aromatic nitrogens is 3. The molecule has 6 nitrogen and oxygen atoms in total. The average Bonchev–Trinajstić information content (AvgIpc) is 2.98. The number of anilines is 2. The Morgan fingerprint density at radius 2 is 2.00 bits per heavy atom. The van der Waals surface area contributed by atoms with E-state index in [1.54, 1.807) is 24.3 Å². The topological polar surface area (TPSA) is 79.5 Å². The van der Waals surface area contributed by atoms with Gasteiger partial charge >= 0.3 is 5.97 Å². The van der Waals surface area contributed by atoms with E-state index in [2.05, 4.69) is 15.3 Å². The molecule has 0 saturated carbocycles. The number of halogens is 1. The summed E-state index contributed by atoms with van der Waals surface area (Å²) in [5.74, 6) is -0.484. The van der Waals surface area contributed by atoms with Gasteiger partial charge in [0.25, 0.3) is 0 Å². The number of fused-ring (bicyclic) bond motifs is 3. The van der Waals surface area contributed by atoms with Crippen molar-refractivity contribution in [2.75, 3.05) is 5.32 Å². The van der Waals surface area contributed by atoms with Crippen LogP contribution in [0.5, 0.6) is 0 Å². The van der Waals surface area contributed by atoms with E-state index in [9.17, 15) is 9.90 Å². The van der Waals surface area contributed by atoms with E-state index >= 15 is 0 Å². The highest BCUT2D eigenvalue weighted by atomic mass is 35.5. The van der Waals surface area contributed by atoms with E-state index in [0.717, 1.165) is 11.1 Å². The van der Waals surface area contributed by atoms with Crippen molar-refractivity contribution in [1.82, 2.24) is 14.4 Å². The number of aryl methyl sites for hydroxylation is 1. The van der Waals surface area contributed by atoms with Crippen LogP contribution in [0.3, 0.4) is 0 Å². The lowest BCUT2D eigenvalue weighted by atomic mass is 10.1. The van der Waals surface area contributed by atoms with Gasteiger partial charge in [-0.1, -0.05) is 23.7 Å². The van der Waals surface area contributed by atoms with Crippen LogP contribution in [0.25, 0.3) is 16.6 Å². The number of imidazole rings is 1. The van der Waals surface area contributed by atoms with E-state index < -0.39 is 5.97 Å². The van der Waals surface area contributed by atoms with Crippen molar-refractivity contribution in [1.29, 1.82) is 0 Å². The quantitative estimate of drug-likeness (QED) is 0.575. The van der Waals surface area contributed by atoms with Crippen LogP contribution < -0.4 is 5.32 Å². The number of hydrogen-bond acceptors (Lipinski definition) is 4. The smallest absolute Gasteiger partial charge is 0.335 e. The van der Waals surface area contributed by atoms with Crippen LogP contribution in [0.4, 0.5) is 11.6 Å². The summed E-state index contributed by atoms with van der Waals surface area (Å²) in [6.07, 6.45) is 1.87. The number of carbonyl (C=O) groups is 1. The van der Waals surface area contributed by atoms with E-state index in [-0.39, 0.29) is 5.56 Å². The van der Waals surface area contributed by atoms with Gasteiger partial charge in [0.15, 0.2) is 0 Å². The molecular formula is C18H13ClN4O2. The molecule has 4 rings (SSSR count). The Labute approximate surface area is 147 Å². The molecule has 4 aromatic rings. The molecule has 0 aliphatic rings. The molecule has 0 aliphatic carbocycles. The van der Waals surface area contributed by atoms with Gasteiger partial charge in [0, 0.05) is 11.6 Å². The van der Waals surface area contributed by atoms with Gasteiger partial charge in [0.2, 0.25) is 5.95 Å². The molecule has 2 aromatic heterocycles. The summed E-state index contributed by atoms with van der Waals surface area (Å²) in [7, 11) is 0. The van der Waals surface area contributed by atoms with Crippen molar-refractivity contribution < 1.29 is 9.90 Å². The number of carboxylic acids is 1. The largest absolute Gasteiger partial charge is 0.478 e. The number of hydrogen-bond donors (Lipinski definition) is 2. The Bertz CT molecular complexity index is 1140. The zero-order chi connectivity index (χ0) is 17.6. The van der Waals surface area contributed by atoms with Gasteiger partial charge in [-0.15, -0.1) is 0 Å². The first-order valence-electron chi connectivity index (χ1n) is 7.57. The minimum atomic E-state index is -0.997. The van der Waals surface area contributed by atoms with Gasteiger partial charge in [-0.25, -0.2) is 14.8 Å². The lowest BCUT2D eigenvalue weighted by Gasteiger charge is -2.11. The van der Waals surface area contributed by atoms with Crippen LogP contribution in [0.15, 0.2) is 48.7 Å². The molecule has 7 heteroatoms. The molecule has 0 radical (unpaired) electrons. The third kappa shape index (κ3) is 2.66. The number of nitrogens with zero attached hydrogens (tertiary/aromatic N) is 3. The highest BCUT2D eigenvalue weighted by Gasteiger charge is 2.13. The summed E-state index contributed by atoms with van der Waals surface area (Å²) < 4.78 is 1.83. The number of rotatable bonds is 3. The second kappa shape index (κ2) is 5.75. The second-order valence-corrected chi connectivity index (χ2v) is 6.06. The van der Waals surface area contributed by atoms with Crippen molar-refractivity contribution in [3.05, 3.63) is 64.9 Å². The van der Waals surface area contributed by atoms with Crippen LogP contribution in [0.2, 0.25) is 5.02 Å². The van der Waals surface area contributed by atoms with Crippen molar-refractivity contribution in [3.8, 4) is 0 Å². The average molecular weight is 353 g/mol. The Hall–Kier alpha value is -3.12. The molecule has 0 fully saturated rings. The van der Waals surface area contributed by atoms with Crippen molar-refractivity contribution in [2.24, 2.45) is 0 Å². The minimum Gasteiger partial charge on any atom is -0.478 e. The normalized spacial score (nSPS) is 11.1. The summed E-state index contributed by atoms with van der Waals surface area (Å²) in [6, 6.07) is 12.2. The van der Waals surface area contributed by atoms with E-state index in [0.29, 0.717) is 27.8 Å². The molecule has 0 atom stereocenters. The van der Waals surface area contributed by atoms with E-state index in [4.69, 9.17) is 11.6 Å². The van der Waals surface area contributed by atoms with Crippen LogP contribution >= 0.6 is 11.6 Å². The lowest BCUT2D eigenvalue weighted by Crippen LogP contribution is -2.03. The van der Waals surface area contributed by atoms with Crippen LogP contribution in [0, 0.1) is 6.92 Å². The summed E-state index contributed by atoms with van der Waals surface area (Å²) in [4.78, 5) is 20.4. The van der Waals surface area contributed by atoms with Gasteiger partial charge < -0.3 is 10.4 Å². The predicted molar refractivity (Wildman–Crippen MR) is 96.9 cm³/mol. The fourth-order valence-electron chi connectivity index (χ4n) is 2.73. The molecule has 2 aromatic carbocycles. The first kappa shape index (κ1) is 15.4. The first-order valence-corrected chi connectivity index (χ1v) is 7.95. The summed E-state index contributed by atoms with van der Waals surface area (Å²) in [5.41, 5.74) is 2.97. The summed E-state index contributed by atoms with van der Waals surface area (Å²) in [6.45, 7) is 1.89. The fraction of sp³-hybridized carbons (Fsp3) is 0.0556. The Kier molecular flexibility index (Phi) is 3.54.